The number of carbonyl (C=O) groups is 3. The van der Waals surface area contributed by atoms with Crippen molar-refractivity contribution >= 4 is 17.7 Å². The van der Waals surface area contributed by atoms with Gasteiger partial charge in [0, 0.05) is 45.9 Å². The molecule has 0 saturated carbocycles. The van der Waals surface area contributed by atoms with Crippen molar-refractivity contribution in [1.82, 2.24) is 24.9 Å². The minimum absolute atomic E-state index is 0.0487. The Morgan fingerprint density at radius 1 is 1.21 bits per heavy atom. The molecule has 1 aromatic heterocycles. The Bertz CT molecular complexity index is 1010. The minimum atomic E-state index is -0.388. The van der Waals surface area contributed by atoms with E-state index < -0.39 is 0 Å². The van der Waals surface area contributed by atoms with E-state index in [1.807, 2.05) is 31.2 Å². The van der Waals surface area contributed by atoms with Crippen molar-refractivity contribution in [2.45, 2.75) is 45.4 Å². The molecule has 1 aromatic carbocycles. The Morgan fingerprint density at radius 2 is 2.00 bits per heavy atom. The molecule has 9 heteroatoms. The zero-order valence-electron chi connectivity index (χ0n) is 19.2. The van der Waals surface area contributed by atoms with Crippen LogP contribution in [0.25, 0.3) is 0 Å². The number of ether oxygens (including phenoxy) is 1. The lowest BCUT2D eigenvalue weighted by molar-refractivity contribution is -0.122. The van der Waals surface area contributed by atoms with Gasteiger partial charge in [-0.25, -0.2) is 0 Å². The first kappa shape index (κ1) is 23.0. The SMILES string of the molecule is Cc1ccc(CN2CCCn3nc(C(=O)N(C)CC(=O)NC[C@H]4CCCO4)cc3C2=O)cc1. The highest BCUT2D eigenvalue weighted by molar-refractivity contribution is 5.99. The van der Waals surface area contributed by atoms with E-state index in [1.165, 1.54) is 10.5 Å². The first-order chi connectivity index (χ1) is 15.9. The summed E-state index contributed by atoms with van der Waals surface area (Å²) in [4.78, 5) is 41.4. The normalized spacial score (nSPS) is 18.1. The van der Waals surface area contributed by atoms with E-state index in [2.05, 4.69) is 10.4 Å². The van der Waals surface area contributed by atoms with Gasteiger partial charge in [0.05, 0.1) is 12.6 Å². The van der Waals surface area contributed by atoms with E-state index in [9.17, 15) is 14.4 Å². The fourth-order valence-electron chi connectivity index (χ4n) is 4.18. The molecule has 1 atom stereocenters. The summed E-state index contributed by atoms with van der Waals surface area (Å²) < 4.78 is 7.11. The summed E-state index contributed by atoms with van der Waals surface area (Å²) in [5.41, 5.74) is 2.81. The number of rotatable bonds is 7. The maximum Gasteiger partial charge on any atom is 0.274 e. The van der Waals surface area contributed by atoms with Crippen molar-refractivity contribution in [2.24, 2.45) is 0 Å². The Morgan fingerprint density at radius 3 is 2.73 bits per heavy atom. The second kappa shape index (κ2) is 10.2. The summed E-state index contributed by atoms with van der Waals surface area (Å²) in [6.45, 7) is 4.83. The molecular weight excluding hydrogens is 422 g/mol. The number of amides is 3. The average molecular weight is 454 g/mol. The van der Waals surface area contributed by atoms with E-state index >= 15 is 0 Å². The number of hydrogen-bond donors (Lipinski definition) is 1. The Balaban J connectivity index is 1.38. The smallest absolute Gasteiger partial charge is 0.274 e. The largest absolute Gasteiger partial charge is 0.376 e. The third kappa shape index (κ3) is 5.60. The van der Waals surface area contributed by atoms with Gasteiger partial charge in [-0.15, -0.1) is 0 Å². The highest BCUT2D eigenvalue weighted by atomic mass is 16.5. The van der Waals surface area contributed by atoms with Gasteiger partial charge in [-0.1, -0.05) is 29.8 Å². The fraction of sp³-hybridized carbons (Fsp3) is 0.500. The number of nitrogens with one attached hydrogen (secondary N) is 1. The Labute approximate surface area is 193 Å². The van der Waals surface area contributed by atoms with Crippen molar-refractivity contribution in [2.75, 3.05) is 33.3 Å². The molecule has 2 aliphatic rings. The van der Waals surface area contributed by atoms with Crippen LogP contribution in [0.4, 0.5) is 0 Å². The molecule has 176 valence electrons. The van der Waals surface area contributed by atoms with Crippen molar-refractivity contribution < 1.29 is 19.1 Å². The number of nitrogens with zero attached hydrogens (tertiary/aromatic N) is 4. The standard InChI is InChI=1S/C24H31N5O4/c1-17-6-8-18(9-7-17)15-28-10-4-11-29-21(24(28)32)13-20(26-29)23(31)27(2)16-22(30)25-14-19-5-3-12-33-19/h6-9,13,19H,3-5,10-12,14-16H2,1-2H3,(H,25,30)/t19-/m1/s1. The van der Waals surface area contributed by atoms with Gasteiger partial charge in [-0.05, 0) is 31.7 Å². The first-order valence-electron chi connectivity index (χ1n) is 11.5. The molecule has 2 aliphatic heterocycles. The van der Waals surface area contributed by atoms with Gasteiger partial charge in [0.1, 0.15) is 5.69 Å². The van der Waals surface area contributed by atoms with Gasteiger partial charge in [-0.2, -0.15) is 5.10 Å². The van der Waals surface area contributed by atoms with Crippen molar-refractivity contribution in [1.29, 1.82) is 0 Å². The highest BCUT2D eigenvalue weighted by Crippen LogP contribution is 2.18. The third-order valence-corrected chi connectivity index (χ3v) is 6.08. The number of likely N-dealkylation sites (N-methyl/N-ethyl adjacent to an activating group) is 1. The predicted molar refractivity (Wildman–Crippen MR) is 122 cm³/mol. The lowest BCUT2D eigenvalue weighted by Crippen LogP contribution is -2.41. The number of aryl methyl sites for hydroxylation is 2. The zero-order chi connectivity index (χ0) is 23.4. The third-order valence-electron chi connectivity index (χ3n) is 6.08. The molecule has 1 fully saturated rings. The molecule has 1 saturated heterocycles. The molecule has 0 bridgehead atoms. The Hall–Kier alpha value is -3.20. The number of benzene rings is 1. The molecule has 33 heavy (non-hydrogen) atoms. The van der Waals surface area contributed by atoms with Crippen LogP contribution in [-0.2, 0) is 22.6 Å². The van der Waals surface area contributed by atoms with Crippen LogP contribution in [0.1, 0.15) is 51.4 Å². The molecule has 9 nitrogen and oxygen atoms in total. The molecule has 0 unspecified atom stereocenters. The Kier molecular flexibility index (Phi) is 7.08. The fourth-order valence-corrected chi connectivity index (χ4v) is 4.18. The molecule has 0 spiro atoms. The van der Waals surface area contributed by atoms with Crippen LogP contribution in [0.5, 0.6) is 0 Å². The van der Waals surface area contributed by atoms with Gasteiger partial charge in [0.2, 0.25) is 5.91 Å². The van der Waals surface area contributed by atoms with E-state index in [0.29, 0.717) is 31.9 Å². The number of fused-ring (bicyclic) bond motifs is 1. The van der Waals surface area contributed by atoms with Crippen LogP contribution in [0.3, 0.4) is 0 Å². The first-order valence-corrected chi connectivity index (χ1v) is 11.5. The molecular formula is C24H31N5O4. The number of aromatic nitrogens is 2. The van der Waals surface area contributed by atoms with Gasteiger partial charge >= 0.3 is 0 Å². The molecule has 2 aromatic rings. The topological polar surface area (TPSA) is 96.8 Å². The minimum Gasteiger partial charge on any atom is -0.376 e. The van der Waals surface area contributed by atoms with Crippen LogP contribution >= 0.6 is 0 Å². The molecule has 3 amide bonds. The molecule has 0 aliphatic carbocycles. The summed E-state index contributed by atoms with van der Waals surface area (Å²) >= 11 is 0. The maximum atomic E-state index is 13.2. The van der Waals surface area contributed by atoms with E-state index in [1.54, 1.807) is 22.7 Å². The summed E-state index contributed by atoms with van der Waals surface area (Å²) in [5, 5.41) is 7.19. The average Bonchev–Trinajstić information content (AvgIpc) is 3.45. The summed E-state index contributed by atoms with van der Waals surface area (Å²) in [7, 11) is 1.56. The van der Waals surface area contributed by atoms with E-state index in [0.717, 1.165) is 31.4 Å². The van der Waals surface area contributed by atoms with E-state index in [-0.39, 0.29) is 36.1 Å². The van der Waals surface area contributed by atoms with Crippen molar-refractivity contribution in [3.05, 3.63) is 52.8 Å². The van der Waals surface area contributed by atoms with Crippen molar-refractivity contribution in [3.8, 4) is 0 Å². The number of hydrogen-bond acceptors (Lipinski definition) is 5. The molecule has 0 radical (unpaired) electrons. The van der Waals surface area contributed by atoms with Gasteiger partial charge in [0.25, 0.3) is 11.8 Å². The zero-order valence-corrected chi connectivity index (χ0v) is 19.2. The quantitative estimate of drug-likeness (QED) is 0.687. The van der Waals surface area contributed by atoms with E-state index in [4.69, 9.17) is 4.74 Å². The van der Waals surface area contributed by atoms with Gasteiger partial charge in [0.15, 0.2) is 5.69 Å². The van der Waals surface area contributed by atoms with Crippen LogP contribution in [0.15, 0.2) is 30.3 Å². The second-order valence-electron chi connectivity index (χ2n) is 8.80. The second-order valence-corrected chi connectivity index (χ2v) is 8.80. The lowest BCUT2D eigenvalue weighted by atomic mass is 10.1. The number of carbonyl (C=O) groups excluding carboxylic acids is 3. The van der Waals surface area contributed by atoms with Crippen LogP contribution in [-0.4, -0.2) is 76.7 Å². The predicted octanol–water partition coefficient (Wildman–Crippen LogP) is 1.60. The molecule has 4 rings (SSSR count). The summed E-state index contributed by atoms with van der Waals surface area (Å²) in [6, 6.07) is 9.66. The van der Waals surface area contributed by atoms with Gasteiger partial charge in [-0.3, -0.25) is 19.1 Å². The monoisotopic (exact) mass is 453 g/mol. The molecule has 3 heterocycles. The summed E-state index contributed by atoms with van der Waals surface area (Å²) in [5.74, 6) is -0.778. The highest BCUT2D eigenvalue weighted by Gasteiger charge is 2.28. The summed E-state index contributed by atoms with van der Waals surface area (Å²) in [6.07, 6.45) is 2.74. The van der Waals surface area contributed by atoms with Crippen LogP contribution in [0, 0.1) is 6.92 Å². The van der Waals surface area contributed by atoms with Crippen LogP contribution < -0.4 is 5.32 Å². The lowest BCUT2D eigenvalue weighted by Gasteiger charge is -2.20. The molecule has 1 N–H and O–H groups in total. The maximum absolute atomic E-state index is 13.2. The van der Waals surface area contributed by atoms with Crippen molar-refractivity contribution in [3.63, 3.8) is 0 Å². The van der Waals surface area contributed by atoms with Gasteiger partial charge < -0.3 is 19.9 Å². The van der Waals surface area contributed by atoms with Crippen LogP contribution in [0.2, 0.25) is 0 Å².